The number of carbonyl (C=O) groups is 2. The Morgan fingerprint density at radius 2 is 2.06 bits per heavy atom. The number of halogens is 2. The van der Waals surface area contributed by atoms with Gasteiger partial charge in [-0.15, -0.1) is 0 Å². The van der Waals surface area contributed by atoms with Gasteiger partial charge in [-0.05, 0) is 43.2 Å². The van der Waals surface area contributed by atoms with Gasteiger partial charge in [-0.2, -0.15) is 0 Å². The van der Waals surface area contributed by atoms with Gasteiger partial charge in [0.15, 0.2) is 11.0 Å². The second kappa shape index (κ2) is 9.34. The van der Waals surface area contributed by atoms with Crippen molar-refractivity contribution in [3.63, 3.8) is 0 Å². The third-order valence-corrected chi connectivity index (χ3v) is 6.14. The number of carbonyl (C=O) groups excluding carboxylic acids is 1. The van der Waals surface area contributed by atoms with Crippen LogP contribution in [0.3, 0.4) is 0 Å². The van der Waals surface area contributed by atoms with E-state index in [9.17, 15) is 19.5 Å². The maximum Gasteiger partial charge on any atom is 0.326 e. The number of amides is 1. The molecule has 0 spiro atoms. The number of para-hydroxylation sites is 1. The zero-order chi connectivity index (χ0) is 22.8. The molecule has 9 heteroatoms. The first-order valence-electron chi connectivity index (χ1n) is 10.0. The summed E-state index contributed by atoms with van der Waals surface area (Å²) in [5.74, 6) is -0.556. The lowest BCUT2D eigenvalue weighted by Crippen LogP contribution is -2.40. The smallest absolute Gasteiger partial charge is 0.326 e. The number of carboxylic acids is 1. The lowest BCUT2D eigenvalue weighted by Gasteiger charge is -2.21. The molecule has 166 valence electrons. The molecule has 4 rings (SSSR count). The van der Waals surface area contributed by atoms with E-state index in [-0.39, 0.29) is 35.7 Å². The molecule has 32 heavy (non-hydrogen) atoms. The molecule has 0 saturated carbocycles. The molecule has 0 aliphatic carbocycles. The first kappa shape index (κ1) is 22.4. The summed E-state index contributed by atoms with van der Waals surface area (Å²) in [6.07, 6.45) is 1.16. The molecule has 1 aliphatic rings. The standard InChI is InChI=1S/C23H19BrClNO6/c24-13-6-7-15(20-12-18(27)14-3-1-4-16(25)22(14)32-20)19(11-13)31-10-8-21(28)26-9-2-5-17(26)23(29)30/h1,3-4,6-7,11-12,17H,2,5,8-10H2,(H,29,30)/t17-/m0/s1. The van der Waals surface area contributed by atoms with E-state index < -0.39 is 12.0 Å². The van der Waals surface area contributed by atoms with Crippen molar-refractivity contribution in [1.29, 1.82) is 0 Å². The van der Waals surface area contributed by atoms with Crippen LogP contribution in [-0.4, -0.2) is 41.1 Å². The number of hydrogen-bond donors (Lipinski definition) is 1. The average molecular weight is 521 g/mol. The molecule has 1 saturated heterocycles. The summed E-state index contributed by atoms with van der Waals surface area (Å²) < 4.78 is 12.5. The van der Waals surface area contributed by atoms with Gasteiger partial charge in [0.25, 0.3) is 0 Å². The van der Waals surface area contributed by atoms with Crippen molar-refractivity contribution in [1.82, 2.24) is 4.90 Å². The summed E-state index contributed by atoms with van der Waals surface area (Å²) in [6.45, 7) is 0.477. The topological polar surface area (TPSA) is 97.0 Å². The van der Waals surface area contributed by atoms with E-state index in [4.69, 9.17) is 20.8 Å². The van der Waals surface area contributed by atoms with E-state index in [0.717, 1.165) is 4.47 Å². The molecular weight excluding hydrogens is 502 g/mol. The Balaban J connectivity index is 1.57. The van der Waals surface area contributed by atoms with Crippen molar-refractivity contribution in [2.75, 3.05) is 13.2 Å². The number of aliphatic carboxylic acids is 1. The van der Waals surface area contributed by atoms with Gasteiger partial charge in [-0.25, -0.2) is 4.79 Å². The van der Waals surface area contributed by atoms with Gasteiger partial charge >= 0.3 is 5.97 Å². The van der Waals surface area contributed by atoms with E-state index in [1.165, 1.54) is 11.0 Å². The van der Waals surface area contributed by atoms with Crippen molar-refractivity contribution >= 4 is 50.4 Å². The lowest BCUT2D eigenvalue weighted by atomic mass is 10.1. The Labute approximate surface area is 196 Å². The maximum absolute atomic E-state index is 12.6. The van der Waals surface area contributed by atoms with Crippen LogP contribution in [0.1, 0.15) is 19.3 Å². The van der Waals surface area contributed by atoms with Crippen molar-refractivity contribution in [2.24, 2.45) is 0 Å². The van der Waals surface area contributed by atoms with Crippen LogP contribution >= 0.6 is 27.5 Å². The van der Waals surface area contributed by atoms with Gasteiger partial charge in [0, 0.05) is 17.1 Å². The molecule has 1 atom stereocenters. The minimum absolute atomic E-state index is 0.0310. The molecule has 1 N–H and O–H groups in total. The molecule has 1 amide bonds. The number of nitrogens with zero attached hydrogens (tertiary/aromatic N) is 1. The highest BCUT2D eigenvalue weighted by Crippen LogP contribution is 2.34. The van der Waals surface area contributed by atoms with Crippen molar-refractivity contribution < 1.29 is 23.8 Å². The number of fused-ring (bicyclic) bond motifs is 1. The summed E-state index contributed by atoms with van der Waals surface area (Å²) >= 11 is 9.61. The Morgan fingerprint density at radius 1 is 1.25 bits per heavy atom. The van der Waals surface area contributed by atoms with Crippen LogP contribution in [-0.2, 0) is 9.59 Å². The van der Waals surface area contributed by atoms with E-state index in [1.54, 1.807) is 36.4 Å². The Morgan fingerprint density at radius 3 is 2.84 bits per heavy atom. The summed E-state index contributed by atoms with van der Waals surface area (Å²) in [4.78, 5) is 37.8. The van der Waals surface area contributed by atoms with Crippen LogP contribution in [0.15, 0.2) is 56.1 Å². The third-order valence-electron chi connectivity index (χ3n) is 5.35. The first-order chi connectivity index (χ1) is 15.3. The SMILES string of the molecule is O=C(O)[C@@H]1CCCN1C(=O)CCOc1cc(Br)ccc1-c1cc(=O)c2cccc(Cl)c2o1. The fourth-order valence-corrected chi connectivity index (χ4v) is 4.36. The number of rotatable bonds is 6. The van der Waals surface area contributed by atoms with Crippen molar-refractivity contribution in [3.05, 3.63) is 62.2 Å². The fraction of sp³-hybridized carbons (Fsp3) is 0.261. The van der Waals surface area contributed by atoms with E-state index in [1.807, 2.05) is 0 Å². The van der Waals surface area contributed by atoms with E-state index in [0.29, 0.717) is 41.1 Å². The van der Waals surface area contributed by atoms with Gasteiger partial charge in [0.05, 0.1) is 29.0 Å². The average Bonchev–Trinajstić information content (AvgIpc) is 3.25. The largest absolute Gasteiger partial charge is 0.492 e. The second-order valence-corrected chi connectivity index (χ2v) is 8.74. The van der Waals surface area contributed by atoms with Gasteiger partial charge in [-0.1, -0.05) is 33.6 Å². The van der Waals surface area contributed by atoms with Crippen molar-refractivity contribution in [2.45, 2.75) is 25.3 Å². The van der Waals surface area contributed by atoms with Gasteiger partial charge in [-0.3, -0.25) is 9.59 Å². The predicted molar refractivity (Wildman–Crippen MR) is 123 cm³/mol. The molecule has 1 aromatic heterocycles. The first-order valence-corrected chi connectivity index (χ1v) is 11.2. The van der Waals surface area contributed by atoms with Crippen LogP contribution in [0.25, 0.3) is 22.3 Å². The summed E-state index contributed by atoms with van der Waals surface area (Å²) in [5, 5.41) is 9.97. The normalized spacial score (nSPS) is 15.8. The molecule has 0 radical (unpaired) electrons. The molecule has 0 bridgehead atoms. The number of hydrogen-bond acceptors (Lipinski definition) is 5. The summed E-state index contributed by atoms with van der Waals surface area (Å²) in [7, 11) is 0. The predicted octanol–water partition coefficient (Wildman–Crippen LogP) is 4.72. The molecule has 3 aromatic rings. The molecular formula is C23H19BrClNO6. The summed E-state index contributed by atoms with van der Waals surface area (Å²) in [6, 6.07) is 10.8. The molecule has 2 aromatic carbocycles. The van der Waals surface area contributed by atoms with Crippen LogP contribution in [0, 0.1) is 0 Å². The van der Waals surface area contributed by atoms with Crippen LogP contribution in [0.5, 0.6) is 5.75 Å². The minimum Gasteiger partial charge on any atom is -0.492 e. The molecule has 1 aliphatic heterocycles. The number of ether oxygens (including phenoxy) is 1. The maximum atomic E-state index is 12.6. The Kier molecular flexibility index (Phi) is 6.53. The highest BCUT2D eigenvalue weighted by atomic mass is 79.9. The molecule has 7 nitrogen and oxygen atoms in total. The highest BCUT2D eigenvalue weighted by molar-refractivity contribution is 9.10. The van der Waals surface area contributed by atoms with Crippen LogP contribution in [0.2, 0.25) is 5.02 Å². The van der Waals surface area contributed by atoms with E-state index in [2.05, 4.69) is 15.9 Å². The third kappa shape index (κ3) is 4.52. The van der Waals surface area contributed by atoms with Gasteiger partial charge < -0.3 is 19.2 Å². The molecule has 1 fully saturated rings. The van der Waals surface area contributed by atoms with Crippen molar-refractivity contribution in [3.8, 4) is 17.1 Å². The van der Waals surface area contributed by atoms with Gasteiger partial charge in [0.1, 0.15) is 17.6 Å². The zero-order valence-electron chi connectivity index (χ0n) is 16.8. The van der Waals surface area contributed by atoms with Crippen LogP contribution in [0.4, 0.5) is 0 Å². The summed E-state index contributed by atoms with van der Waals surface area (Å²) in [5.41, 5.74) is 0.583. The lowest BCUT2D eigenvalue weighted by molar-refractivity contribution is -0.148. The van der Waals surface area contributed by atoms with Crippen LogP contribution < -0.4 is 10.2 Å². The monoisotopic (exact) mass is 519 g/mol. The Bertz CT molecular complexity index is 1260. The Hall–Kier alpha value is -2.84. The minimum atomic E-state index is -0.990. The number of carboxylic acid groups (broad SMARTS) is 1. The van der Waals surface area contributed by atoms with Gasteiger partial charge in [0.2, 0.25) is 5.91 Å². The fourth-order valence-electron chi connectivity index (χ4n) is 3.81. The second-order valence-electron chi connectivity index (χ2n) is 7.41. The zero-order valence-corrected chi connectivity index (χ0v) is 19.2. The van der Waals surface area contributed by atoms with E-state index >= 15 is 0 Å². The molecule has 2 heterocycles. The quantitative estimate of drug-likeness (QED) is 0.505. The highest BCUT2D eigenvalue weighted by Gasteiger charge is 2.33. The molecule has 0 unspecified atom stereocenters. The number of benzene rings is 2. The number of likely N-dealkylation sites (tertiary alicyclic amines) is 1.